The average Bonchev–Trinajstić information content (AvgIpc) is 1.98. The summed E-state index contributed by atoms with van der Waals surface area (Å²) in [4.78, 5) is 0. The molecule has 0 unspecified atom stereocenters. The molecule has 2 nitrogen and oxygen atoms in total. The van der Waals surface area contributed by atoms with Crippen LogP contribution < -0.4 is 0 Å². The van der Waals surface area contributed by atoms with Gasteiger partial charge in [-0.15, -0.1) is 0 Å². The number of aryl methyl sites for hydroxylation is 2. The Labute approximate surface area is 83.7 Å². The van der Waals surface area contributed by atoms with Crippen LogP contribution in [0.25, 0.3) is 0 Å². The van der Waals surface area contributed by atoms with E-state index in [2.05, 4.69) is 0 Å². The summed E-state index contributed by atoms with van der Waals surface area (Å²) in [5.74, 6) is 0. The van der Waals surface area contributed by atoms with Gasteiger partial charge in [0, 0.05) is 18.6 Å². The molecule has 0 aliphatic carbocycles. The largest absolute Gasteiger partial charge is 0.314 e. The maximum absolute atomic E-state index is 9.06. The Bertz CT molecular complexity index is 287. The predicted molar refractivity (Wildman–Crippen MR) is 54.2 cm³/mol. The molecule has 1 N–H and O–H groups in total. The van der Waals surface area contributed by atoms with E-state index in [9.17, 15) is 0 Å². The second-order valence-corrected chi connectivity index (χ2v) is 3.74. The second kappa shape index (κ2) is 4.09. The predicted octanol–water partition coefficient (Wildman–Crippen LogP) is 2.78. The van der Waals surface area contributed by atoms with E-state index < -0.39 is 0 Å². The summed E-state index contributed by atoms with van der Waals surface area (Å²) in [5, 5.41) is 11.0. The third kappa shape index (κ3) is 2.69. The van der Waals surface area contributed by atoms with Gasteiger partial charge in [0.2, 0.25) is 0 Å². The van der Waals surface area contributed by atoms with Gasteiger partial charge in [0.05, 0.1) is 0 Å². The van der Waals surface area contributed by atoms with Gasteiger partial charge >= 0.3 is 0 Å². The zero-order valence-electron chi connectivity index (χ0n) is 8.13. The lowest BCUT2D eigenvalue weighted by atomic mass is 10.1. The van der Waals surface area contributed by atoms with Gasteiger partial charge < -0.3 is 5.21 Å². The lowest BCUT2D eigenvalue weighted by molar-refractivity contribution is -0.0731. The molecule has 0 aliphatic heterocycles. The summed E-state index contributed by atoms with van der Waals surface area (Å²) in [6.45, 7) is 4.46. The summed E-state index contributed by atoms with van der Waals surface area (Å²) in [6, 6.07) is 3.98. The topological polar surface area (TPSA) is 23.5 Å². The van der Waals surface area contributed by atoms with Crippen molar-refractivity contribution in [2.24, 2.45) is 0 Å². The van der Waals surface area contributed by atoms with Crippen molar-refractivity contribution in [1.29, 1.82) is 0 Å². The first kappa shape index (κ1) is 10.5. The van der Waals surface area contributed by atoms with Crippen LogP contribution in [0.2, 0.25) is 5.02 Å². The fourth-order valence-electron chi connectivity index (χ4n) is 1.39. The maximum Gasteiger partial charge on any atom is 0.0485 e. The summed E-state index contributed by atoms with van der Waals surface area (Å²) >= 11 is 6.01. The van der Waals surface area contributed by atoms with Crippen LogP contribution in [0.1, 0.15) is 16.7 Å². The molecule has 0 radical (unpaired) electrons. The normalized spacial score (nSPS) is 10.9. The number of nitrogens with zero attached hydrogens (tertiary/aromatic N) is 1. The lowest BCUT2D eigenvalue weighted by Crippen LogP contribution is -2.11. The smallest absolute Gasteiger partial charge is 0.0485 e. The molecule has 0 aromatic heterocycles. The minimum Gasteiger partial charge on any atom is -0.314 e. The van der Waals surface area contributed by atoms with Crippen LogP contribution >= 0.6 is 11.6 Å². The second-order valence-electron chi connectivity index (χ2n) is 3.36. The highest BCUT2D eigenvalue weighted by Gasteiger charge is 2.03. The number of hydroxylamine groups is 2. The Morgan fingerprint density at radius 1 is 1.31 bits per heavy atom. The Morgan fingerprint density at radius 3 is 2.15 bits per heavy atom. The Kier molecular flexibility index (Phi) is 3.31. The van der Waals surface area contributed by atoms with Crippen LogP contribution in [0.3, 0.4) is 0 Å². The van der Waals surface area contributed by atoms with Crippen LogP contribution in [-0.4, -0.2) is 17.3 Å². The first-order valence-corrected chi connectivity index (χ1v) is 4.54. The number of rotatable bonds is 2. The molecular formula is C10H14ClNO. The zero-order chi connectivity index (χ0) is 10.0. The maximum atomic E-state index is 9.06. The van der Waals surface area contributed by atoms with Gasteiger partial charge in [0.1, 0.15) is 0 Å². The van der Waals surface area contributed by atoms with E-state index in [0.29, 0.717) is 6.54 Å². The SMILES string of the molecule is Cc1cc(CN(C)O)cc(C)c1Cl. The van der Waals surface area contributed by atoms with Gasteiger partial charge in [0.25, 0.3) is 0 Å². The first-order valence-electron chi connectivity index (χ1n) is 4.16. The van der Waals surface area contributed by atoms with Crippen LogP contribution in [0.5, 0.6) is 0 Å². The standard InChI is InChI=1S/C10H14ClNO/c1-7-4-9(6-12(3)13)5-8(2)10(7)11/h4-5,13H,6H2,1-3H3. The van der Waals surface area contributed by atoms with Crippen molar-refractivity contribution in [3.8, 4) is 0 Å². The summed E-state index contributed by atoms with van der Waals surface area (Å²) in [7, 11) is 1.62. The van der Waals surface area contributed by atoms with Gasteiger partial charge in [-0.05, 0) is 30.5 Å². The number of hydrogen-bond acceptors (Lipinski definition) is 2. The molecular weight excluding hydrogens is 186 g/mol. The summed E-state index contributed by atoms with van der Waals surface area (Å²) in [5.41, 5.74) is 3.18. The molecule has 0 atom stereocenters. The van der Waals surface area contributed by atoms with E-state index in [1.54, 1.807) is 7.05 Å². The first-order chi connectivity index (χ1) is 6.00. The molecule has 1 aromatic rings. The number of benzene rings is 1. The molecule has 1 aromatic carbocycles. The van der Waals surface area contributed by atoms with E-state index in [1.165, 1.54) is 0 Å². The lowest BCUT2D eigenvalue weighted by Gasteiger charge is -2.11. The van der Waals surface area contributed by atoms with E-state index in [4.69, 9.17) is 16.8 Å². The Balaban J connectivity index is 2.99. The Morgan fingerprint density at radius 2 is 1.77 bits per heavy atom. The van der Waals surface area contributed by atoms with Crippen molar-refractivity contribution in [2.45, 2.75) is 20.4 Å². The molecule has 72 valence electrons. The third-order valence-electron chi connectivity index (χ3n) is 1.91. The number of hydrogen-bond donors (Lipinski definition) is 1. The van der Waals surface area contributed by atoms with Crippen molar-refractivity contribution >= 4 is 11.6 Å². The highest BCUT2D eigenvalue weighted by atomic mass is 35.5. The van der Waals surface area contributed by atoms with Crippen molar-refractivity contribution in [3.63, 3.8) is 0 Å². The van der Waals surface area contributed by atoms with Gasteiger partial charge in [-0.1, -0.05) is 23.7 Å². The van der Waals surface area contributed by atoms with Gasteiger partial charge in [-0.2, -0.15) is 5.06 Å². The number of halogens is 1. The van der Waals surface area contributed by atoms with Gasteiger partial charge in [-0.3, -0.25) is 0 Å². The van der Waals surface area contributed by atoms with Crippen LogP contribution in [0, 0.1) is 13.8 Å². The molecule has 0 bridgehead atoms. The highest BCUT2D eigenvalue weighted by Crippen LogP contribution is 2.22. The fourth-order valence-corrected chi connectivity index (χ4v) is 1.50. The van der Waals surface area contributed by atoms with Gasteiger partial charge in [-0.25, -0.2) is 0 Å². The van der Waals surface area contributed by atoms with E-state index in [-0.39, 0.29) is 0 Å². The minimum atomic E-state index is 0.527. The molecule has 0 spiro atoms. The fraction of sp³-hybridized carbons (Fsp3) is 0.400. The molecule has 3 heteroatoms. The molecule has 0 saturated carbocycles. The monoisotopic (exact) mass is 199 g/mol. The quantitative estimate of drug-likeness (QED) is 0.741. The molecule has 0 saturated heterocycles. The summed E-state index contributed by atoms with van der Waals surface area (Å²) < 4.78 is 0. The molecule has 1 rings (SSSR count). The Hall–Kier alpha value is -0.570. The minimum absolute atomic E-state index is 0.527. The summed E-state index contributed by atoms with van der Waals surface area (Å²) in [6.07, 6.45) is 0. The van der Waals surface area contributed by atoms with Crippen LogP contribution in [0.15, 0.2) is 12.1 Å². The van der Waals surface area contributed by atoms with Crippen molar-refractivity contribution < 1.29 is 5.21 Å². The van der Waals surface area contributed by atoms with Crippen molar-refractivity contribution in [1.82, 2.24) is 5.06 Å². The average molecular weight is 200 g/mol. The molecule has 0 aliphatic rings. The molecule has 0 amide bonds. The highest BCUT2D eigenvalue weighted by molar-refractivity contribution is 6.32. The van der Waals surface area contributed by atoms with Crippen molar-refractivity contribution in [3.05, 3.63) is 33.8 Å². The third-order valence-corrected chi connectivity index (χ3v) is 2.50. The molecule has 0 fully saturated rings. The van der Waals surface area contributed by atoms with Crippen LogP contribution in [0.4, 0.5) is 0 Å². The van der Waals surface area contributed by atoms with Gasteiger partial charge in [0.15, 0.2) is 0 Å². The molecule has 13 heavy (non-hydrogen) atoms. The van der Waals surface area contributed by atoms with E-state index in [0.717, 1.165) is 26.8 Å². The molecule has 0 heterocycles. The van der Waals surface area contributed by atoms with E-state index >= 15 is 0 Å². The zero-order valence-corrected chi connectivity index (χ0v) is 8.89. The van der Waals surface area contributed by atoms with E-state index in [1.807, 2.05) is 26.0 Å². The van der Waals surface area contributed by atoms with Crippen molar-refractivity contribution in [2.75, 3.05) is 7.05 Å². The van der Waals surface area contributed by atoms with Crippen LogP contribution in [-0.2, 0) is 6.54 Å².